The molecule has 3 rings (SSSR count). The van der Waals surface area contributed by atoms with Gasteiger partial charge in [-0.2, -0.15) is 5.10 Å². The summed E-state index contributed by atoms with van der Waals surface area (Å²) in [6.45, 7) is 3.17. The van der Waals surface area contributed by atoms with Crippen molar-refractivity contribution in [2.75, 3.05) is 7.05 Å². The number of nitrogens with one attached hydrogen (secondary N) is 1. The van der Waals surface area contributed by atoms with Crippen molar-refractivity contribution in [3.8, 4) is 0 Å². The van der Waals surface area contributed by atoms with Crippen molar-refractivity contribution < 1.29 is 9.53 Å². The lowest BCUT2D eigenvalue weighted by atomic mass is 10.1. The average molecular weight is 271 g/mol. The van der Waals surface area contributed by atoms with Gasteiger partial charge in [-0.1, -0.05) is 29.8 Å². The highest BCUT2D eigenvalue weighted by Crippen LogP contribution is 2.26. The van der Waals surface area contributed by atoms with Crippen LogP contribution in [0.25, 0.3) is 0 Å². The van der Waals surface area contributed by atoms with Crippen LogP contribution in [0.4, 0.5) is 0 Å². The Balaban J connectivity index is 1.83. The number of nitrogens with zero attached hydrogens (tertiary/aromatic N) is 2. The first-order chi connectivity index (χ1) is 9.67. The zero-order valence-corrected chi connectivity index (χ0v) is 11.6. The molecular weight excluding hydrogens is 254 g/mol. The summed E-state index contributed by atoms with van der Waals surface area (Å²) in [7, 11) is 1.60. The van der Waals surface area contributed by atoms with Crippen LogP contribution in [-0.4, -0.2) is 22.7 Å². The van der Waals surface area contributed by atoms with Crippen LogP contribution in [0.2, 0.25) is 0 Å². The van der Waals surface area contributed by atoms with Crippen LogP contribution in [0.3, 0.4) is 0 Å². The second-order valence-corrected chi connectivity index (χ2v) is 4.99. The van der Waals surface area contributed by atoms with Crippen molar-refractivity contribution in [3.63, 3.8) is 0 Å². The third-order valence-electron chi connectivity index (χ3n) is 3.54. The molecule has 0 aliphatic carbocycles. The van der Waals surface area contributed by atoms with Gasteiger partial charge < -0.3 is 10.1 Å². The number of aromatic nitrogens is 2. The number of hydrogen-bond donors (Lipinski definition) is 1. The summed E-state index contributed by atoms with van der Waals surface area (Å²) < 4.78 is 7.72. The van der Waals surface area contributed by atoms with Crippen LogP contribution >= 0.6 is 0 Å². The van der Waals surface area contributed by atoms with Crippen LogP contribution in [-0.2, 0) is 17.9 Å². The molecule has 0 spiro atoms. The van der Waals surface area contributed by atoms with Crippen molar-refractivity contribution in [1.29, 1.82) is 0 Å². The number of hydrogen-bond acceptors (Lipinski definition) is 3. The van der Waals surface area contributed by atoms with Gasteiger partial charge in [0.15, 0.2) is 5.69 Å². The Hall–Kier alpha value is -2.14. The summed E-state index contributed by atoms with van der Waals surface area (Å²) in [5, 5.41) is 6.92. The van der Waals surface area contributed by atoms with Gasteiger partial charge in [-0.3, -0.25) is 9.48 Å². The van der Waals surface area contributed by atoms with E-state index in [-0.39, 0.29) is 12.0 Å². The van der Waals surface area contributed by atoms with E-state index in [1.165, 1.54) is 5.56 Å². The minimum Gasteiger partial charge on any atom is -0.365 e. The summed E-state index contributed by atoms with van der Waals surface area (Å²) in [6, 6.07) is 10.1. The van der Waals surface area contributed by atoms with Crippen LogP contribution in [0, 0.1) is 6.92 Å². The van der Waals surface area contributed by atoms with Gasteiger partial charge in [-0.25, -0.2) is 0 Å². The summed E-state index contributed by atoms with van der Waals surface area (Å²) in [5.41, 5.74) is 3.74. The molecule has 0 radical (unpaired) electrons. The lowest BCUT2D eigenvalue weighted by Crippen LogP contribution is -2.22. The maximum absolute atomic E-state index is 11.6. The van der Waals surface area contributed by atoms with Crippen molar-refractivity contribution in [2.45, 2.75) is 26.2 Å². The number of fused-ring (bicyclic) bond motifs is 1. The molecule has 5 nitrogen and oxygen atoms in total. The summed E-state index contributed by atoms with van der Waals surface area (Å²) >= 11 is 0. The van der Waals surface area contributed by atoms with Crippen LogP contribution in [0.5, 0.6) is 0 Å². The number of ether oxygens (including phenoxy) is 1. The molecule has 0 saturated carbocycles. The van der Waals surface area contributed by atoms with E-state index in [1.807, 2.05) is 4.68 Å². The number of amides is 1. The number of rotatable bonds is 2. The molecule has 2 heterocycles. The van der Waals surface area contributed by atoms with E-state index >= 15 is 0 Å². The second-order valence-electron chi connectivity index (χ2n) is 4.99. The Morgan fingerprint density at radius 1 is 1.40 bits per heavy atom. The van der Waals surface area contributed by atoms with Gasteiger partial charge in [0.2, 0.25) is 0 Å². The Morgan fingerprint density at radius 2 is 2.15 bits per heavy atom. The van der Waals surface area contributed by atoms with Gasteiger partial charge in [-0.15, -0.1) is 0 Å². The van der Waals surface area contributed by atoms with Crippen LogP contribution < -0.4 is 5.32 Å². The molecule has 1 aliphatic heterocycles. The predicted molar refractivity (Wildman–Crippen MR) is 74.3 cm³/mol. The fourth-order valence-corrected chi connectivity index (χ4v) is 2.35. The molecule has 20 heavy (non-hydrogen) atoms. The highest BCUT2D eigenvalue weighted by atomic mass is 16.5. The van der Waals surface area contributed by atoms with Gasteiger partial charge in [0.05, 0.1) is 18.8 Å². The first kappa shape index (κ1) is 12.9. The second kappa shape index (κ2) is 5.09. The smallest absolute Gasteiger partial charge is 0.271 e. The zero-order valence-electron chi connectivity index (χ0n) is 11.6. The van der Waals surface area contributed by atoms with E-state index in [0.29, 0.717) is 18.8 Å². The van der Waals surface area contributed by atoms with E-state index in [4.69, 9.17) is 4.74 Å². The quantitative estimate of drug-likeness (QED) is 0.906. The molecule has 1 aromatic carbocycles. The highest BCUT2D eigenvalue weighted by Gasteiger charge is 2.23. The van der Waals surface area contributed by atoms with Gasteiger partial charge in [0.1, 0.15) is 6.10 Å². The predicted octanol–water partition coefficient (Wildman–Crippen LogP) is 1.82. The number of carbonyl (C=O) groups is 1. The molecular formula is C15H17N3O2. The molecule has 0 fully saturated rings. The van der Waals surface area contributed by atoms with E-state index in [2.05, 4.69) is 41.6 Å². The van der Waals surface area contributed by atoms with E-state index in [0.717, 1.165) is 11.3 Å². The maximum atomic E-state index is 11.6. The summed E-state index contributed by atoms with van der Waals surface area (Å²) in [6.07, 6.45) is -0.0134. The molecule has 2 aromatic rings. The third kappa shape index (κ3) is 2.32. The molecule has 1 amide bonds. The molecule has 0 saturated heterocycles. The third-order valence-corrected chi connectivity index (χ3v) is 3.54. The lowest BCUT2D eigenvalue weighted by molar-refractivity contribution is -0.00120. The Bertz CT molecular complexity index is 631. The highest BCUT2D eigenvalue weighted by molar-refractivity contribution is 5.92. The van der Waals surface area contributed by atoms with E-state index in [1.54, 1.807) is 13.1 Å². The first-order valence-corrected chi connectivity index (χ1v) is 6.64. The van der Waals surface area contributed by atoms with Crippen LogP contribution in [0.1, 0.15) is 33.4 Å². The molecule has 1 aliphatic rings. The Labute approximate surface area is 117 Å². The molecule has 5 heteroatoms. The topological polar surface area (TPSA) is 56.2 Å². The summed E-state index contributed by atoms with van der Waals surface area (Å²) in [5.74, 6) is -0.168. The molecule has 1 N–H and O–H groups in total. The van der Waals surface area contributed by atoms with Gasteiger partial charge >= 0.3 is 0 Å². The fourth-order valence-electron chi connectivity index (χ4n) is 2.35. The molecule has 1 aromatic heterocycles. The lowest BCUT2D eigenvalue weighted by Gasteiger charge is -2.24. The monoisotopic (exact) mass is 271 g/mol. The fraction of sp³-hybridized carbons (Fsp3) is 0.333. The van der Waals surface area contributed by atoms with Crippen molar-refractivity contribution in [1.82, 2.24) is 15.1 Å². The first-order valence-electron chi connectivity index (χ1n) is 6.64. The van der Waals surface area contributed by atoms with E-state index in [9.17, 15) is 4.79 Å². The SMILES string of the molecule is CNC(=O)c1cc2n(n1)C[C@@H](c1ccc(C)cc1)OC2. The van der Waals surface area contributed by atoms with Gasteiger partial charge in [0.25, 0.3) is 5.91 Å². The van der Waals surface area contributed by atoms with Gasteiger partial charge in [0, 0.05) is 7.05 Å². The maximum Gasteiger partial charge on any atom is 0.271 e. The standard InChI is InChI=1S/C15H17N3O2/c1-10-3-5-11(6-4-10)14-8-18-12(9-20-14)7-13(17-18)15(19)16-2/h3-7,14H,8-9H2,1-2H3,(H,16,19)/t14-/m0/s1. The average Bonchev–Trinajstić information content (AvgIpc) is 2.90. The summed E-state index contributed by atoms with van der Waals surface area (Å²) in [4.78, 5) is 11.6. The number of carbonyl (C=O) groups excluding carboxylic acids is 1. The molecule has 0 bridgehead atoms. The minimum atomic E-state index is -0.168. The molecule has 104 valence electrons. The van der Waals surface area contributed by atoms with Crippen LogP contribution in [0.15, 0.2) is 30.3 Å². The zero-order chi connectivity index (χ0) is 14.1. The van der Waals surface area contributed by atoms with E-state index < -0.39 is 0 Å². The number of aryl methyl sites for hydroxylation is 1. The largest absolute Gasteiger partial charge is 0.365 e. The van der Waals surface area contributed by atoms with Crippen molar-refractivity contribution >= 4 is 5.91 Å². The normalized spacial score (nSPS) is 17.6. The number of benzene rings is 1. The van der Waals surface area contributed by atoms with Crippen molar-refractivity contribution in [2.24, 2.45) is 0 Å². The molecule has 0 unspecified atom stereocenters. The van der Waals surface area contributed by atoms with Crippen molar-refractivity contribution in [3.05, 3.63) is 52.8 Å². The Kier molecular flexibility index (Phi) is 3.28. The van der Waals surface area contributed by atoms with Gasteiger partial charge in [-0.05, 0) is 18.6 Å². The Morgan fingerprint density at radius 3 is 2.85 bits per heavy atom. The molecule has 1 atom stereocenters. The minimum absolute atomic E-state index is 0.0134.